The fraction of sp³-hybridized carbons (Fsp3) is 0.409. The Morgan fingerprint density at radius 1 is 1.14 bits per heavy atom. The fourth-order valence-electron chi connectivity index (χ4n) is 3.64. The van der Waals surface area contributed by atoms with Crippen LogP contribution < -0.4 is 15.8 Å². The molecular formula is C22H29ClN2O3. The van der Waals surface area contributed by atoms with Crippen molar-refractivity contribution in [2.24, 2.45) is 0 Å². The third-order valence-electron chi connectivity index (χ3n) is 5.45. The molecule has 1 saturated heterocycles. The highest BCUT2D eigenvalue weighted by atomic mass is 35.5. The molecule has 2 aromatic rings. The van der Waals surface area contributed by atoms with Crippen LogP contribution in [0.15, 0.2) is 48.5 Å². The van der Waals surface area contributed by atoms with Crippen LogP contribution in [0.1, 0.15) is 30.4 Å². The number of ether oxygens (including phenoxy) is 2. The Kier molecular flexibility index (Phi) is 8.15. The molecule has 1 aliphatic heterocycles. The molecule has 5 nitrogen and oxygen atoms in total. The standard InChI is InChI=1S/C22H28N2O3.ClH/c1-26-19-9-7-18(8-10-19)22(12-14-27-15-13-22)16-24-21(25)11-6-17-4-2-3-5-20(17)23;/h2-5,7-10H,6,11-16,23H2,1H3,(H,24,25);1H. The third-order valence-corrected chi connectivity index (χ3v) is 5.45. The van der Waals surface area contributed by atoms with Crippen molar-refractivity contribution >= 4 is 24.0 Å². The van der Waals surface area contributed by atoms with Gasteiger partial charge in [-0.1, -0.05) is 30.3 Å². The molecule has 3 rings (SSSR count). The predicted molar refractivity (Wildman–Crippen MR) is 114 cm³/mol. The molecule has 0 aromatic heterocycles. The van der Waals surface area contributed by atoms with Gasteiger partial charge in [-0.15, -0.1) is 12.4 Å². The van der Waals surface area contributed by atoms with E-state index in [2.05, 4.69) is 17.4 Å². The molecule has 6 heteroatoms. The summed E-state index contributed by atoms with van der Waals surface area (Å²) in [6, 6.07) is 15.8. The van der Waals surface area contributed by atoms with Crippen molar-refractivity contribution in [2.45, 2.75) is 31.1 Å². The van der Waals surface area contributed by atoms with Crippen molar-refractivity contribution in [1.29, 1.82) is 0 Å². The first kappa shape index (κ1) is 22.1. The maximum absolute atomic E-state index is 12.4. The molecule has 0 bridgehead atoms. The molecule has 28 heavy (non-hydrogen) atoms. The molecule has 1 aliphatic rings. The zero-order valence-corrected chi connectivity index (χ0v) is 17.1. The van der Waals surface area contributed by atoms with E-state index in [1.807, 2.05) is 36.4 Å². The van der Waals surface area contributed by atoms with Gasteiger partial charge in [-0.3, -0.25) is 4.79 Å². The number of nitrogens with two attached hydrogens (primary N) is 1. The lowest BCUT2D eigenvalue weighted by molar-refractivity contribution is -0.121. The monoisotopic (exact) mass is 404 g/mol. The van der Waals surface area contributed by atoms with Crippen molar-refractivity contribution in [3.05, 3.63) is 59.7 Å². The van der Waals surface area contributed by atoms with Crippen molar-refractivity contribution in [1.82, 2.24) is 5.32 Å². The Hall–Kier alpha value is -2.24. The van der Waals surface area contributed by atoms with Gasteiger partial charge in [0.05, 0.1) is 7.11 Å². The first-order chi connectivity index (χ1) is 13.1. The van der Waals surface area contributed by atoms with Gasteiger partial charge < -0.3 is 20.5 Å². The van der Waals surface area contributed by atoms with Gasteiger partial charge in [0.1, 0.15) is 5.75 Å². The van der Waals surface area contributed by atoms with Gasteiger partial charge in [0.25, 0.3) is 0 Å². The summed E-state index contributed by atoms with van der Waals surface area (Å²) < 4.78 is 10.8. The van der Waals surface area contributed by atoms with Crippen LogP contribution >= 0.6 is 12.4 Å². The number of para-hydroxylation sites is 1. The highest BCUT2D eigenvalue weighted by molar-refractivity contribution is 5.85. The normalized spacial score (nSPS) is 15.3. The molecular weight excluding hydrogens is 376 g/mol. The van der Waals surface area contributed by atoms with Crippen LogP contribution in [0, 0.1) is 0 Å². The van der Waals surface area contributed by atoms with E-state index >= 15 is 0 Å². The molecule has 1 heterocycles. The van der Waals surface area contributed by atoms with Crippen LogP contribution in [-0.4, -0.2) is 32.8 Å². The van der Waals surface area contributed by atoms with E-state index in [0.29, 0.717) is 32.6 Å². The lowest BCUT2D eigenvalue weighted by Gasteiger charge is -2.38. The lowest BCUT2D eigenvalue weighted by Crippen LogP contribution is -2.44. The summed E-state index contributed by atoms with van der Waals surface area (Å²) in [7, 11) is 1.67. The first-order valence-corrected chi connectivity index (χ1v) is 9.45. The average molecular weight is 405 g/mol. The van der Waals surface area contributed by atoms with E-state index in [1.54, 1.807) is 7.11 Å². The molecule has 0 radical (unpaired) electrons. The van der Waals surface area contributed by atoms with Crippen molar-refractivity contribution in [3.63, 3.8) is 0 Å². The van der Waals surface area contributed by atoms with E-state index in [4.69, 9.17) is 15.2 Å². The van der Waals surface area contributed by atoms with E-state index in [0.717, 1.165) is 29.8 Å². The molecule has 152 valence electrons. The molecule has 0 spiro atoms. The molecule has 0 unspecified atom stereocenters. The van der Waals surface area contributed by atoms with Crippen LogP contribution in [0.3, 0.4) is 0 Å². The maximum Gasteiger partial charge on any atom is 0.220 e. The topological polar surface area (TPSA) is 73.6 Å². The number of anilines is 1. The number of nitrogen functional groups attached to an aromatic ring is 1. The average Bonchev–Trinajstić information content (AvgIpc) is 2.72. The summed E-state index contributed by atoms with van der Waals surface area (Å²) in [5.74, 6) is 0.892. The van der Waals surface area contributed by atoms with Gasteiger partial charge in [0.2, 0.25) is 5.91 Å². The molecule has 3 N–H and O–H groups in total. The second-order valence-corrected chi connectivity index (χ2v) is 7.10. The van der Waals surface area contributed by atoms with E-state index in [-0.39, 0.29) is 23.7 Å². The van der Waals surface area contributed by atoms with Crippen LogP contribution in [0.2, 0.25) is 0 Å². The van der Waals surface area contributed by atoms with Crippen molar-refractivity contribution < 1.29 is 14.3 Å². The van der Waals surface area contributed by atoms with Crippen LogP contribution in [-0.2, 0) is 21.4 Å². The smallest absolute Gasteiger partial charge is 0.220 e. The number of aryl methyl sites for hydroxylation is 1. The zero-order valence-electron chi connectivity index (χ0n) is 16.3. The highest BCUT2D eigenvalue weighted by Crippen LogP contribution is 2.35. The first-order valence-electron chi connectivity index (χ1n) is 9.45. The molecule has 0 atom stereocenters. The molecule has 0 saturated carbocycles. The number of rotatable bonds is 7. The van der Waals surface area contributed by atoms with E-state index < -0.39 is 0 Å². The largest absolute Gasteiger partial charge is 0.497 e. The van der Waals surface area contributed by atoms with Crippen LogP contribution in [0.5, 0.6) is 5.75 Å². The minimum absolute atomic E-state index is 0. The van der Waals surface area contributed by atoms with Crippen LogP contribution in [0.25, 0.3) is 0 Å². The van der Waals surface area contributed by atoms with Gasteiger partial charge in [-0.05, 0) is 48.6 Å². The van der Waals surface area contributed by atoms with Crippen molar-refractivity contribution in [3.8, 4) is 5.75 Å². The number of benzene rings is 2. The SMILES string of the molecule is COc1ccc(C2(CNC(=O)CCc3ccccc3N)CCOCC2)cc1.Cl. The van der Waals surface area contributed by atoms with Crippen LogP contribution in [0.4, 0.5) is 5.69 Å². The Labute approximate surface area is 173 Å². The number of hydrogen-bond donors (Lipinski definition) is 2. The number of carbonyl (C=O) groups excluding carboxylic acids is 1. The maximum atomic E-state index is 12.4. The second kappa shape index (κ2) is 10.3. The summed E-state index contributed by atoms with van der Waals surface area (Å²) in [5, 5.41) is 3.14. The van der Waals surface area contributed by atoms with Gasteiger partial charge >= 0.3 is 0 Å². The summed E-state index contributed by atoms with van der Waals surface area (Å²) in [4.78, 5) is 12.4. The summed E-state index contributed by atoms with van der Waals surface area (Å²) >= 11 is 0. The van der Waals surface area contributed by atoms with Gasteiger partial charge in [0.15, 0.2) is 0 Å². The summed E-state index contributed by atoms with van der Waals surface area (Å²) in [6.45, 7) is 2.04. The Bertz CT molecular complexity index is 759. The molecule has 1 fully saturated rings. The Morgan fingerprint density at radius 3 is 2.46 bits per heavy atom. The third kappa shape index (κ3) is 5.40. The predicted octanol–water partition coefficient (Wildman–Crippen LogP) is 3.50. The number of hydrogen-bond acceptors (Lipinski definition) is 4. The van der Waals surface area contributed by atoms with E-state index in [1.165, 1.54) is 5.56 Å². The number of nitrogens with one attached hydrogen (secondary N) is 1. The summed E-state index contributed by atoms with van der Waals surface area (Å²) in [5.41, 5.74) is 8.85. The van der Waals surface area contributed by atoms with Crippen molar-refractivity contribution in [2.75, 3.05) is 32.6 Å². The second-order valence-electron chi connectivity index (χ2n) is 7.10. The lowest BCUT2D eigenvalue weighted by atomic mass is 9.74. The summed E-state index contributed by atoms with van der Waals surface area (Å²) in [6.07, 6.45) is 2.87. The Balaban J connectivity index is 0.00000280. The van der Waals surface area contributed by atoms with E-state index in [9.17, 15) is 4.79 Å². The number of methoxy groups -OCH3 is 1. The number of carbonyl (C=O) groups is 1. The highest BCUT2D eigenvalue weighted by Gasteiger charge is 2.34. The van der Waals surface area contributed by atoms with Gasteiger partial charge in [0, 0.05) is 37.3 Å². The minimum Gasteiger partial charge on any atom is -0.497 e. The molecule has 1 amide bonds. The number of amides is 1. The fourth-order valence-corrected chi connectivity index (χ4v) is 3.64. The number of halogens is 1. The van der Waals surface area contributed by atoms with Gasteiger partial charge in [-0.2, -0.15) is 0 Å². The van der Waals surface area contributed by atoms with Gasteiger partial charge in [-0.25, -0.2) is 0 Å². The molecule has 2 aromatic carbocycles. The zero-order chi connectivity index (χ0) is 19.1. The quantitative estimate of drug-likeness (QED) is 0.693. The molecule has 0 aliphatic carbocycles. The minimum atomic E-state index is -0.0913. The Morgan fingerprint density at radius 2 is 1.82 bits per heavy atom.